The third kappa shape index (κ3) is 4.02. The summed E-state index contributed by atoms with van der Waals surface area (Å²) in [5, 5.41) is 5.64. The number of hydrogen-bond donors (Lipinski definition) is 1. The van der Waals surface area contributed by atoms with E-state index in [2.05, 4.69) is 32.6 Å². The number of piperidine rings is 1. The van der Waals surface area contributed by atoms with Crippen LogP contribution in [0.1, 0.15) is 17.7 Å². The van der Waals surface area contributed by atoms with Gasteiger partial charge in [0.2, 0.25) is 0 Å². The van der Waals surface area contributed by atoms with Crippen LogP contribution >= 0.6 is 11.3 Å². The van der Waals surface area contributed by atoms with Crippen LogP contribution in [0.15, 0.2) is 17.5 Å². The Bertz CT molecular complexity index is 351. The van der Waals surface area contributed by atoms with Crippen molar-refractivity contribution in [1.29, 1.82) is 0 Å². The molecule has 0 saturated carbocycles. The Morgan fingerprint density at radius 3 is 2.53 bits per heavy atom. The monoisotopic (exact) mass is 279 g/mol. The standard InChI is InChI=1S/C15H25N3S/c1-2-15(19-11-1)13-18-9-7-17(8-10-18)12-14-3-5-16-6-4-14/h1-2,11,14,16H,3-10,12-13H2. The summed E-state index contributed by atoms with van der Waals surface area (Å²) in [5.41, 5.74) is 0. The summed E-state index contributed by atoms with van der Waals surface area (Å²) in [5.74, 6) is 0.935. The van der Waals surface area contributed by atoms with Crippen LogP contribution in [0.2, 0.25) is 0 Å². The van der Waals surface area contributed by atoms with Crippen molar-refractivity contribution >= 4 is 11.3 Å². The average molecular weight is 279 g/mol. The van der Waals surface area contributed by atoms with Crippen LogP contribution in [-0.2, 0) is 6.54 Å². The largest absolute Gasteiger partial charge is 0.317 e. The van der Waals surface area contributed by atoms with Crippen LogP contribution in [0.5, 0.6) is 0 Å². The number of nitrogens with one attached hydrogen (secondary N) is 1. The molecule has 1 aromatic heterocycles. The zero-order valence-corrected chi connectivity index (χ0v) is 12.5. The van der Waals surface area contributed by atoms with Crippen molar-refractivity contribution in [2.24, 2.45) is 5.92 Å². The predicted molar refractivity (Wildman–Crippen MR) is 81.6 cm³/mol. The summed E-state index contributed by atoms with van der Waals surface area (Å²) in [6.07, 6.45) is 2.74. The van der Waals surface area contributed by atoms with Crippen molar-refractivity contribution in [2.75, 3.05) is 45.8 Å². The van der Waals surface area contributed by atoms with Crippen LogP contribution in [0.4, 0.5) is 0 Å². The van der Waals surface area contributed by atoms with Crippen LogP contribution in [0, 0.1) is 5.92 Å². The summed E-state index contributed by atoms with van der Waals surface area (Å²) in [7, 11) is 0. The molecule has 0 bridgehead atoms. The van der Waals surface area contributed by atoms with Crippen molar-refractivity contribution in [3.05, 3.63) is 22.4 Å². The summed E-state index contributed by atoms with van der Waals surface area (Å²) in [6.45, 7) is 9.93. The molecule has 4 heteroatoms. The molecule has 2 fully saturated rings. The molecule has 3 heterocycles. The maximum absolute atomic E-state index is 3.46. The van der Waals surface area contributed by atoms with Crippen molar-refractivity contribution in [1.82, 2.24) is 15.1 Å². The molecule has 1 N–H and O–H groups in total. The zero-order valence-electron chi connectivity index (χ0n) is 11.7. The molecule has 0 spiro atoms. The van der Waals surface area contributed by atoms with E-state index >= 15 is 0 Å². The van der Waals surface area contributed by atoms with Crippen LogP contribution < -0.4 is 5.32 Å². The fourth-order valence-electron chi connectivity index (χ4n) is 3.18. The van der Waals surface area contributed by atoms with Gasteiger partial charge in [-0.25, -0.2) is 0 Å². The fourth-order valence-corrected chi connectivity index (χ4v) is 3.93. The van der Waals surface area contributed by atoms with Gasteiger partial charge in [0.25, 0.3) is 0 Å². The van der Waals surface area contributed by atoms with Crippen molar-refractivity contribution < 1.29 is 0 Å². The highest BCUT2D eigenvalue weighted by Crippen LogP contribution is 2.17. The van der Waals surface area contributed by atoms with Gasteiger partial charge < -0.3 is 10.2 Å². The smallest absolute Gasteiger partial charge is 0.0328 e. The molecule has 0 aliphatic carbocycles. The Morgan fingerprint density at radius 1 is 1.11 bits per heavy atom. The molecule has 0 radical (unpaired) electrons. The molecule has 2 saturated heterocycles. The van der Waals surface area contributed by atoms with Crippen LogP contribution in [0.25, 0.3) is 0 Å². The van der Waals surface area contributed by atoms with Crippen molar-refractivity contribution in [3.63, 3.8) is 0 Å². The number of hydrogen-bond acceptors (Lipinski definition) is 4. The van der Waals surface area contributed by atoms with Crippen LogP contribution in [0.3, 0.4) is 0 Å². The lowest BCUT2D eigenvalue weighted by Gasteiger charge is -2.37. The van der Waals surface area contributed by atoms with Crippen LogP contribution in [-0.4, -0.2) is 55.6 Å². The maximum atomic E-state index is 3.46. The normalized spacial score (nSPS) is 23.8. The highest BCUT2D eigenvalue weighted by Gasteiger charge is 2.21. The lowest BCUT2D eigenvalue weighted by Crippen LogP contribution is -2.48. The van der Waals surface area contributed by atoms with E-state index in [0.717, 1.165) is 12.5 Å². The first-order valence-electron chi connectivity index (χ1n) is 7.58. The number of thiophene rings is 1. The SMILES string of the molecule is c1csc(CN2CCN(CC3CCNCC3)CC2)c1. The third-order valence-electron chi connectivity index (χ3n) is 4.40. The molecule has 19 heavy (non-hydrogen) atoms. The summed E-state index contributed by atoms with van der Waals surface area (Å²) >= 11 is 1.88. The van der Waals surface area contributed by atoms with E-state index in [-0.39, 0.29) is 0 Å². The highest BCUT2D eigenvalue weighted by molar-refractivity contribution is 7.09. The Hall–Kier alpha value is -0.420. The van der Waals surface area contributed by atoms with Gasteiger partial charge in [-0.2, -0.15) is 0 Å². The Labute approximate surface area is 120 Å². The molecule has 2 aliphatic heterocycles. The molecule has 106 valence electrons. The predicted octanol–water partition coefficient (Wildman–Crippen LogP) is 1.87. The average Bonchev–Trinajstić information content (AvgIpc) is 2.95. The van der Waals surface area contributed by atoms with E-state index in [9.17, 15) is 0 Å². The molecule has 1 aromatic rings. The molecular weight excluding hydrogens is 254 g/mol. The molecular formula is C15H25N3S. The molecule has 0 atom stereocenters. The zero-order chi connectivity index (χ0) is 12.9. The minimum atomic E-state index is 0.935. The second-order valence-corrected chi connectivity index (χ2v) is 6.88. The van der Waals surface area contributed by atoms with Gasteiger partial charge in [-0.05, 0) is 43.3 Å². The second-order valence-electron chi connectivity index (χ2n) is 5.85. The van der Waals surface area contributed by atoms with Gasteiger partial charge in [-0.1, -0.05) is 6.07 Å². The molecule has 0 amide bonds. The summed E-state index contributed by atoms with van der Waals surface area (Å²) < 4.78 is 0. The summed E-state index contributed by atoms with van der Waals surface area (Å²) in [4.78, 5) is 6.79. The molecule has 3 nitrogen and oxygen atoms in total. The van der Waals surface area contributed by atoms with E-state index in [4.69, 9.17) is 0 Å². The summed E-state index contributed by atoms with van der Waals surface area (Å²) in [6, 6.07) is 4.42. The topological polar surface area (TPSA) is 18.5 Å². The van der Waals surface area contributed by atoms with Gasteiger partial charge in [0.15, 0.2) is 0 Å². The van der Waals surface area contributed by atoms with Gasteiger partial charge in [0.1, 0.15) is 0 Å². The Balaban J connectivity index is 1.39. The quantitative estimate of drug-likeness (QED) is 0.908. The first kappa shape index (κ1) is 13.6. The number of piperazine rings is 1. The maximum Gasteiger partial charge on any atom is 0.0328 e. The number of nitrogens with zero attached hydrogens (tertiary/aromatic N) is 2. The van der Waals surface area contributed by atoms with Gasteiger partial charge in [-0.15, -0.1) is 11.3 Å². The van der Waals surface area contributed by atoms with Crippen molar-refractivity contribution in [2.45, 2.75) is 19.4 Å². The van der Waals surface area contributed by atoms with Gasteiger partial charge in [0, 0.05) is 44.1 Å². The lowest BCUT2D eigenvalue weighted by atomic mass is 9.97. The van der Waals surface area contributed by atoms with E-state index in [1.807, 2.05) is 11.3 Å². The Kier molecular flexibility index (Phi) is 4.88. The highest BCUT2D eigenvalue weighted by atomic mass is 32.1. The molecule has 3 rings (SSSR count). The van der Waals surface area contributed by atoms with E-state index in [0.29, 0.717) is 0 Å². The lowest BCUT2D eigenvalue weighted by molar-refractivity contribution is 0.107. The fraction of sp³-hybridized carbons (Fsp3) is 0.733. The molecule has 0 aromatic carbocycles. The first-order valence-corrected chi connectivity index (χ1v) is 8.46. The third-order valence-corrected chi connectivity index (χ3v) is 5.26. The van der Waals surface area contributed by atoms with E-state index in [1.165, 1.54) is 63.5 Å². The van der Waals surface area contributed by atoms with E-state index < -0.39 is 0 Å². The van der Waals surface area contributed by atoms with Crippen molar-refractivity contribution in [3.8, 4) is 0 Å². The van der Waals surface area contributed by atoms with Gasteiger partial charge >= 0.3 is 0 Å². The van der Waals surface area contributed by atoms with E-state index in [1.54, 1.807) is 0 Å². The molecule has 2 aliphatic rings. The second kappa shape index (κ2) is 6.84. The number of rotatable bonds is 4. The minimum absolute atomic E-state index is 0.935. The first-order chi connectivity index (χ1) is 9.40. The van der Waals surface area contributed by atoms with Gasteiger partial charge in [-0.3, -0.25) is 4.90 Å². The Morgan fingerprint density at radius 2 is 1.84 bits per heavy atom. The van der Waals surface area contributed by atoms with Gasteiger partial charge in [0.05, 0.1) is 0 Å². The minimum Gasteiger partial charge on any atom is -0.317 e. The molecule has 0 unspecified atom stereocenters.